The van der Waals surface area contributed by atoms with Crippen LogP contribution >= 0.6 is 10.7 Å². The average Bonchev–Trinajstić information content (AvgIpc) is 2.80. The van der Waals surface area contributed by atoms with E-state index in [0.29, 0.717) is 17.0 Å². The molecule has 1 atom stereocenters. The topological polar surface area (TPSA) is 87.5 Å². The molecule has 6 nitrogen and oxygen atoms in total. The number of rotatable bonds is 3. The summed E-state index contributed by atoms with van der Waals surface area (Å²) >= 11 is 0. The molecule has 0 aliphatic carbocycles. The van der Waals surface area contributed by atoms with Gasteiger partial charge in [-0.05, 0) is 12.1 Å². The third-order valence-corrected chi connectivity index (χ3v) is 4.96. The van der Waals surface area contributed by atoms with Gasteiger partial charge in [-0.3, -0.25) is 4.79 Å². The van der Waals surface area contributed by atoms with Crippen LogP contribution in [0.4, 0.5) is 5.69 Å². The van der Waals surface area contributed by atoms with Gasteiger partial charge in [0, 0.05) is 29.7 Å². The van der Waals surface area contributed by atoms with Crippen LogP contribution in [-0.2, 0) is 13.8 Å². The Balaban J connectivity index is 2.38. The highest BCUT2D eigenvalue weighted by Gasteiger charge is 2.38. The predicted octanol–water partition coefficient (Wildman–Crippen LogP) is 1.24. The molecule has 2 rings (SSSR count). The highest BCUT2D eigenvalue weighted by atomic mass is 35.7. The summed E-state index contributed by atoms with van der Waals surface area (Å²) < 4.78 is 27.8. The zero-order valence-corrected chi connectivity index (χ0v) is 12.1. The van der Waals surface area contributed by atoms with Crippen molar-refractivity contribution in [3.8, 4) is 11.8 Å². The maximum Gasteiger partial charge on any atom is 0.237 e. The van der Waals surface area contributed by atoms with E-state index >= 15 is 0 Å². The van der Waals surface area contributed by atoms with Gasteiger partial charge in [0.15, 0.2) is 0 Å². The fraction of sp³-hybridized carbons (Fsp3) is 0.333. The number of carbonyl (C=O) groups is 1. The van der Waals surface area contributed by atoms with Crippen LogP contribution in [0.1, 0.15) is 12.0 Å². The molecule has 0 aromatic heterocycles. The Morgan fingerprint density at radius 2 is 2.20 bits per heavy atom. The van der Waals surface area contributed by atoms with E-state index in [9.17, 15) is 13.2 Å². The van der Waals surface area contributed by atoms with Gasteiger partial charge in [0.1, 0.15) is 11.0 Å². The van der Waals surface area contributed by atoms with E-state index < -0.39 is 14.3 Å². The van der Waals surface area contributed by atoms with E-state index in [1.165, 1.54) is 24.1 Å². The molecule has 0 saturated carbocycles. The lowest BCUT2D eigenvalue weighted by Crippen LogP contribution is -2.27. The molecule has 20 heavy (non-hydrogen) atoms. The number of nitriles is 1. The summed E-state index contributed by atoms with van der Waals surface area (Å²) in [7, 11) is 2.92. The first kappa shape index (κ1) is 14.6. The summed E-state index contributed by atoms with van der Waals surface area (Å²) in [6, 6.07) is 6.54. The SMILES string of the molecule is COc1cc(C#N)ccc1N1CC(S(=O)(=O)Cl)CC1=O. The van der Waals surface area contributed by atoms with E-state index in [2.05, 4.69) is 0 Å². The van der Waals surface area contributed by atoms with Crippen molar-refractivity contribution < 1.29 is 17.9 Å². The molecule has 1 unspecified atom stereocenters. The molecule has 106 valence electrons. The van der Waals surface area contributed by atoms with Crippen LogP contribution in [-0.4, -0.2) is 33.2 Å². The molecule has 0 radical (unpaired) electrons. The summed E-state index contributed by atoms with van der Waals surface area (Å²) in [5.74, 6) is -0.00717. The average molecular weight is 315 g/mol. The number of ether oxygens (including phenoxy) is 1. The number of halogens is 1. The highest BCUT2D eigenvalue weighted by Crippen LogP contribution is 2.34. The molecular formula is C12H11ClN2O4S. The van der Waals surface area contributed by atoms with Crippen molar-refractivity contribution in [1.82, 2.24) is 0 Å². The smallest absolute Gasteiger partial charge is 0.237 e. The molecule has 1 aliphatic heterocycles. The first-order valence-electron chi connectivity index (χ1n) is 5.68. The van der Waals surface area contributed by atoms with Crippen LogP contribution < -0.4 is 9.64 Å². The third-order valence-electron chi connectivity index (χ3n) is 3.09. The van der Waals surface area contributed by atoms with Gasteiger partial charge in [-0.15, -0.1) is 0 Å². The number of hydrogen-bond donors (Lipinski definition) is 0. The second-order valence-electron chi connectivity index (χ2n) is 4.30. The van der Waals surface area contributed by atoms with Gasteiger partial charge in [-0.1, -0.05) is 0 Å². The van der Waals surface area contributed by atoms with E-state index in [0.717, 1.165) is 0 Å². The summed E-state index contributed by atoms with van der Waals surface area (Å²) in [5.41, 5.74) is 0.818. The predicted molar refractivity (Wildman–Crippen MR) is 73.2 cm³/mol. The van der Waals surface area contributed by atoms with Gasteiger partial charge in [-0.25, -0.2) is 8.42 Å². The number of nitrogens with zero attached hydrogens (tertiary/aromatic N) is 2. The summed E-state index contributed by atoms with van der Waals surface area (Å²) in [5, 5.41) is 7.90. The van der Waals surface area contributed by atoms with E-state index in [4.69, 9.17) is 20.7 Å². The molecular weight excluding hydrogens is 304 g/mol. The zero-order chi connectivity index (χ0) is 14.9. The van der Waals surface area contributed by atoms with E-state index in [-0.39, 0.29) is 18.9 Å². The Morgan fingerprint density at radius 3 is 2.70 bits per heavy atom. The van der Waals surface area contributed by atoms with E-state index in [1.54, 1.807) is 6.07 Å². The molecule has 0 N–H and O–H groups in total. The van der Waals surface area contributed by atoms with Gasteiger partial charge in [0.25, 0.3) is 0 Å². The third kappa shape index (κ3) is 2.71. The highest BCUT2D eigenvalue weighted by molar-refractivity contribution is 8.14. The van der Waals surface area contributed by atoms with Crippen molar-refractivity contribution in [3.63, 3.8) is 0 Å². The molecule has 1 aromatic rings. The van der Waals surface area contributed by atoms with Crippen molar-refractivity contribution in [1.29, 1.82) is 5.26 Å². The Kier molecular flexibility index (Phi) is 3.88. The number of anilines is 1. The molecule has 0 spiro atoms. The van der Waals surface area contributed by atoms with Gasteiger partial charge in [0.2, 0.25) is 15.0 Å². The number of amides is 1. The maximum atomic E-state index is 11.9. The Hall–Kier alpha value is -1.78. The van der Waals surface area contributed by atoms with Crippen molar-refractivity contribution in [2.45, 2.75) is 11.7 Å². The Labute approximate surface area is 120 Å². The normalized spacial score (nSPS) is 18.9. The van der Waals surface area contributed by atoms with E-state index in [1.807, 2.05) is 6.07 Å². The lowest BCUT2D eigenvalue weighted by atomic mass is 10.2. The molecule has 8 heteroatoms. The van der Waals surface area contributed by atoms with Gasteiger partial charge in [-0.2, -0.15) is 5.26 Å². The number of benzene rings is 1. The summed E-state index contributed by atoms with van der Waals surface area (Å²) in [4.78, 5) is 13.2. The molecule has 1 aliphatic rings. The summed E-state index contributed by atoms with van der Waals surface area (Å²) in [6.45, 7) is -0.0209. The Morgan fingerprint density at radius 1 is 1.50 bits per heavy atom. The quantitative estimate of drug-likeness (QED) is 0.783. The van der Waals surface area contributed by atoms with Gasteiger partial charge < -0.3 is 9.64 Å². The molecule has 1 heterocycles. The van der Waals surface area contributed by atoms with Crippen molar-refractivity contribution >= 4 is 31.3 Å². The van der Waals surface area contributed by atoms with Crippen LogP contribution in [0.2, 0.25) is 0 Å². The second kappa shape index (κ2) is 5.31. The monoisotopic (exact) mass is 314 g/mol. The van der Waals surface area contributed by atoms with Crippen LogP contribution in [0.3, 0.4) is 0 Å². The van der Waals surface area contributed by atoms with Crippen molar-refractivity contribution in [2.24, 2.45) is 0 Å². The molecule has 1 saturated heterocycles. The van der Waals surface area contributed by atoms with Crippen LogP contribution in [0.5, 0.6) is 5.75 Å². The standard InChI is InChI=1S/C12H11ClN2O4S/c1-19-11-4-8(6-14)2-3-10(11)15-7-9(5-12(15)16)20(13,17)18/h2-4,9H,5,7H2,1H3. The van der Waals surface area contributed by atoms with Crippen LogP contribution in [0.15, 0.2) is 18.2 Å². The lowest BCUT2D eigenvalue weighted by molar-refractivity contribution is -0.117. The van der Waals surface area contributed by atoms with Crippen molar-refractivity contribution in [2.75, 3.05) is 18.6 Å². The van der Waals surface area contributed by atoms with Crippen LogP contribution in [0, 0.1) is 11.3 Å². The molecule has 1 fully saturated rings. The molecule has 1 amide bonds. The summed E-state index contributed by atoms with van der Waals surface area (Å²) in [6.07, 6.45) is -0.158. The minimum atomic E-state index is -3.79. The first-order valence-corrected chi connectivity index (χ1v) is 8.06. The lowest BCUT2D eigenvalue weighted by Gasteiger charge is -2.19. The van der Waals surface area contributed by atoms with Gasteiger partial charge >= 0.3 is 0 Å². The molecule has 1 aromatic carbocycles. The fourth-order valence-electron chi connectivity index (χ4n) is 2.07. The van der Waals surface area contributed by atoms with Crippen molar-refractivity contribution in [3.05, 3.63) is 23.8 Å². The number of hydrogen-bond acceptors (Lipinski definition) is 5. The second-order valence-corrected chi connectivity index (χ2v) is 7.21. The Bertz CT molecular complexity index is 696. The minimum Gasteiger partial charge on any atom is -0.495 e. The maximum absolute atomic E-state index is 11.9. The minimum absolute atomic E-state index is 0.0209. The first-order chi connectivity index (χ1) is 9.36. The van der Waals surface area contributed by atoms with Gasteiger partial charge in [0.05, 0.1) is 24.4 Å². The fourth-order valence-corrected chi connectivity index (χ4v) is 3.09. The van der Waals surface area contributed by atoms with Crippen LogP contribution in [0.25, 0.3) is 0 Å². The molecule has 0 bridgehead atoms. The number of methoxy groups -OCH3 is 1. The zero-order valence-electron chi connectivity index (χ0n) is 10.5. The number of carbonyl (C=O) groups excluding carboxylic acids is 1. The largest absolute Gasteiger partial charge is 0.495 e.